The van der Waals surface area contributed by atoms with Gasteiger partial charge in [0.05, 0.1) is 23.9 Å². The van der Waals surface area contributed by atoms with Crippen LogP contribution in [-0.2, 0) is 32.3 Å². The summed E-state index contributed by atoms with van der Waals surface area (Å²) in [5.74, 6) is -3.14. The van der Waals surface area contributed by atoms with E-state index in [0.29, 0.717) is 44.2 Å². The average Bonchev–Trinajstić information content (AvgIpc) is 3.73. The number of halogens is 1. The van der Waals surface area contributed by atoms with Crippen molar-refractivity contribution in [3.05, 3.63) is 172 Å². The summed E-state index contributed by atoms with van der Waals surface area (Å²) in [6.07, 6.45) is 10.1. The third-order valence-electron chi connectivity index (χ3n) is 10.1. The van der Waals surface area contributed by atoms with Crippen molar-refractivity contribution in [2.75, 3.05) is 16.8 Å². The number of aliphatic carboxylic acids is 2. The molecule has 304 valence electrons. The molecular formula is C49H34ClN6NaO6. The number of carbonyl (C=O) groups excluding carboxylic acids is 3. The fourth-order valence-electron chi connectivity index (χ4n) is 7.20. The maximum Gasteiger partial charge on any atom is 1.00 e. The van der Waals surface area contributed by atoms with E-state index in [9.17, 15) is 34.8 Å². The first kappa shape index (κ1) is 45.1. The molecule has 0 bridgehead atoms. The molecule has 1 aliphatic heterocycles. The van der Waals surface area contributed by atoms with Gasteiger partial charge in [0.1, 0.15) is 29.8 Å². The van der Waals surface area contributed by atoms with Crippen molar-refractivity contribution in [3.63, 3.8) is 0 Å². The van der Waals surface area contributed by atoms with E-state index in [1.54, 1.807) is 77.4 Å². The molecule has 1 aliphatic rings. The molecule has 0 atom stereocenters. The van der Waals surface area contributed by atoms with Crippen LogP contribution in [0.3, 0.4) is 0 Å². The number of carbonyl (C=O) groups is 4. The Hall–Kier alpha value is -7.45. The summed E-state index contributed by atoms with van der Waals surface area (Å²) < 4.78 is 3.11. The second kappa shape index (κ2) is 19.9. The number of fused-ring (bicyclic) bond motifs is 4. The predicted molar refractivity (Wildman–Crippen MR) is 238 cm³/mol. The van der Waals surface area contributed by atoms with E-state index in [0.717, 1.165) is 21.9 Å². The molecule has 8 rings (SSSR count). The van der Waals surface area contributed by atoms with Crippen molar-refractivity contribution >= 4 is 98.5 Å². The van der Waals surface area contributed by atoms with Crippen LogP contribution in [0.1, 0.15) is 22.3 Å². The van der Waals surface area contributed by atoms with Crippen LogP contribution in [0, 0.1) is 22.7 Å². The van der Waals surface area contributed by atoms with Crippen LogP contribution in [0.2, 0.25) is 5.02 Å². The Labute approximate surface area is 389 Å². The smallest absolute Gasteiger partial charge is 0.548 e. The number of para-hydroxylation sites is 4. The van der Waals surface area contributed by atoms with E-state index >= 15 is 0 Å². The van der Waals surface area contributed by atoms with Crippen molar-refractivity contribution in [2.24, 2.45) is 0 Å². The third-order valence-corrected chi connectivity index (χ3v) is 10.3. The van der Waals surface area contributed by atoms with Gasteiger partial charge in [0.2, 0.25) is 0 Å². The molecule has 0 saturated carbocycles. The SMILES string of the molecule is CN(C(=O)/C(C#N)=C/c1cn(CC(=O)O)c2ccccc12)c1ccc(Cl)cc1.N#C/C(=C\c1cn(CC(=O)[O-])c2ccccc12)C(=O)N1c2ccccc2C=Cc2ccccc21.[Na+]. The standard InChI is InChI=1S/C28H19N3O3.C21H16ClN3O3.Na/c29-16-21(15-22-17-30(18-27(32)33)26-12-6-3-9-23(22)26)28(34)31-24-10-4-1-7-19(24)13-14-20-8-2-5-11-25(20)31;1-24(17-8-6-16(22)7-9-17)21(28)14(11-23)10-15-12-25(13-20(26)27)19-5-3-2-4-18(15)19;/h1-15,17H,18H2,(H,32,33);2-10,12H,13H2,1H3,(H,26,27);/q;;+1/p-1/b21-15+;14-10+;. The van der Waals surface area contributed by atoms with Crippen molar-refractivity contribution < 1.29 is 58.9 Å². The first-order valence-corrected chi connectivity index (χ1v) is 19.4. The van der Waals surface area contributed by atoms with E-state index in [1.807, 2.05) is 91.0 Å². The Morgan fingerprint density at radius 2 is 1.14 bits per heavy atom. The second-order valence-electron chi connectivity index (χ2n) is 14.0. The molecule has 1 N–H and O–H groups in total. The molecule has 0 unspecified atom stereocenters. The predicted octanol–water partition coefficient (Wildman–Crippen LogP) is 5.10. The molecule has 12 nitrogen and oxygen atoms in total. The van der Waals surface area contributed by atoms with E-state index in [2.05, 4.69) is 6.07 Å². The fourth-order valence-corrected chi connectivity index (χ4v) is 7.32. The molecule has 0 saturated heterocycles. The minimum atomic E-state index is -1.22. The van der Waals surface area contributed by atoms with E-state index in [1.165, 1.54) is 21.6 Å². The van der Waals surface area contributed by atoms with Gasteiger partial charge in [-0.2, -0.15) is 10.5 Å². The normalized spacial score (nSPS) is 11.8. The van der Waals surface area contributed by atoms with Gasteiger partial charge in [-0.05, 0) is 71.8 Å². The minimum Gasteiger partial charge on any atom is -0.548 e. The van der Waals surface area contributed by atoms with Gasteiger partial charge < -0.3 is 29.0 Å². The Bertz CT molecular complexity index is 3050. The molecule has 0 fully saturated rings. The van der Waals surface area contributed by atoms with Crippen molar-refractivity contribution in [2.45, 2.75) is 13.1 Å². The Kier molecular flexibility index (Phi) is 14.3. The monoisotopic (exact) mass is 860 g/mol. The quantitative estimate of drug-likeness (QED) is 0.119. The summed E-state index contributed by atoms with van der Waals surface area (Å²) in [5.41, 5.74) is 6.11. The average molecular weight is 861 g/mol. The zero-order valence-corrected chi connectivity index (χ0v) is 36.7. The number of rotatable bonds is 9. The van der Waals surface area contributed by atoms with Gasteiger partial charge in [-0.1, -0.05) is 96.5 Å². The van der Waals surface area contributed by atoms with Crippen molar-refractivity contribution in [3.8, 4) is 12.1 Å². The second-order valence-corrected chi connectivity index (χ2v) is 14.4. The number of carboxylic acids is 2. The van der Waals surface area contributed by atoms with E-state index < -0.39 is 23.8 Å². The van der Waals surface area contributed by atoms with Gasteiger partial charge in [0.25, 0.3) is 11.8 Å². The van der Waals surface area contributed by atoms with Gasteiger partial charge in [-0.25, -0.2) is 0 Å². The number of benzene rings is 5. The number of anilines is 3. The summed E-state index contributed by atoms with van der Waals surface area (Å²) in [6.45, 7) is -0.544. The molecule has 63 heavy (non-hydrogen) atoms. The van der Waals surface area contributed by atoms with Gasteiger partial charge >= 0.3 is 35.5 Å². The number of amides is 2. The Morgan fingerprint density at radius 1 is 0.683 bits per heavy atom. The maximum absolute atomic E-state index is 13.8. The molecule has 7 aromatic rings. The zero-order chi connectivity index (χ0) is 43.9. The number of likely N-dealkylation sites (N-methyl/N-ethyl adjacent to an activating group) is 1. The van der Waals surface area contributed by atoms with Gasteiger partial charge in [0.15, 0.2) is 0 Å². The molecule has 0 spiro atoms. The maximum atomic E-state index is 13.8. The van der Waals surface area contributed by atoms with Crippen LogP contribution >= 0.6 is 11.6 Å². The molecule has 2 aromatic heterocycles. The van der Waals surface area contributed by atoms with Crippen LogP contribution in [0.5, 0.6) is 0 Å². The molecule has 14 heteroatoms. The van der Waals surface area contributed by atoms with Gasteiger partial charge in [-0.15, -0.1) is 0 Å². The van der Waals surface area contributed by atoms with Crippen LogP contribution in [0.25, 0.3) is 46.1 Å². The Balaban J connectivity index is 0.000000211. The topological polar surface area (TPSA) is 175 Å². The number of nitrogens with zero attached hydrogens (tertiary/aromatic N) is 6. The molecule has 0 radical (unpaired) electrons. The summed E-state index contributed by atoms with van der Waals surface area (Å²) >= 11 is 5.88. The van der Waals surface area contributed by atoms with Crippen molar-refractivity contribution in [1.29, 1.82) is 10.5 Å². The summed E-state index contributed by atoms with van der Waals surface area (Å²) in [6, 6.07) is 40.2. The largest absolute Gasteiger partial charge is 1.00 e. The third kappa shape index (κ3) is 9.87. The zero-order valence-electron chi connectivity index (χ0n) is 34.0. The molecular weight excluding hydrogens is 827 g/mol. The van der Waals surface area contributed by atoms with E-state index in [-0.39, 0.29) is 53.8 Å². The van der Waals surface area contributed by atoms with Crippen LogP contribution in [0.4, 0.5) is 17.1 Å². The summed E-state index contributed by atoms with van der Waals surface area (Å²) in [4.78, 5) is 51.9. The minimum absolute atomic E-state index is 0. The number of hydrogen-bond donors (Lipinski definition) is 1. The van der Waals surface area contributed by atoms with Crippen LogP contribution in [0.15, 0.2) is 145 Å². The molecule has 2 amide bonds. The first-order valence-electron chi connectivity index (χ1n) is 19.0. The molecule has 0 aliphatic carbocycles. The summed E-state index contributed by atoms with van der Waals surface area (Å²) in [5, 5.41) is 41.9. The molecule has 5 aromatic carbocycles. The van der Waals surface area contributed by atoms with E-state index in [4.69, 9.17) is 16.7 Å². The van der Waals surface area contributed by atoms with Crippen LogP contribution < -0.4 is 44.5 Å². The number of nitriles is 2. The van der Waals surface area contributed by atoms with Crippen LogP contribution in [-0.4, -0.2) is 45.0 Å². The Morgan fingerprint density at radius 3 is 1.63 bits per heavy atom. The van der Waals surface area contributed by atoms with Gasteiger partial charge in [-0.3, -0.25) is 19.3 Å². The summed E-state index contributed by atoms with van der Waals surface area (Å²) in [7, 11) is 1.57. The number of hydrogen-bond acceptors (Lipinski definition) is 7. The van der Waals surface area contributed by atoms with Crippen molar-refractivity contribution in [1.82, 2.24) is 9.13 Å². The van der Waals surface area contributed by atoms with Gasteiger partial charge in [0, 0.05) is 63.1 Å². The number of carboxylic acid groups (broad SMARTS) is 2. The first-order chi connectivity index (χ1) is 30.0. The fraction of sp³-hybridized carbons (Fsp3) is 0.0612. The number of aromatic nitrogens is 2. The molecule has 3 heterocycles.